The van der Waals surface area contributed by atoms with Gasteiger partial charge in [-0.2, -0.15) is 4.98 Å². The van der Waals surface area contributed by atoms with Crippen molar-refractivity contribution in [3.05, 3.63) is 44.6 Å². The second-order valence-electron chi connectivity index (χ2n) is 4.31. The molecule has 0 unspecified atom stereocenters. The number of nitrogens with one attached hydrogen (secondary N) is 1. The van der Waals surface area contributed by atoms with Crippen molar-refractivity contribution in [1.29, 1.82) is 0 Å². The number of halogens is 1. The van der Waals surface area contributed by atoms with Gasteiger partial charge in [-0.05, 0) is 37.6 Å². The Kier molecular flexibility index (Phi) is 4.23. The van der Waals surface area contributed by atoms with Gasteiger partial charge in [0.05, 0.1) is 4.92 Å². The van der Waals surface area contributed by atoms with Gasteiger partial charge in [-0.15, -0.1) is 0 Å². The van der Waals surface area contributed by atoms with Crippen LogP contribution in [0.25, 0.3) is 0 Å². The minimum absolute atomic E-state index is 0.112. The lowest BCUT2D eigenvalue weighted by molar-refractivity contribution is -0.386. The first-order valence-corrected chi connectivity index (χ1v) is 6.45. The van der Waals surface area contributed by atoms with E-state index in [9.17, 15) is 10.1 Å². The largest absolute Gasteiger partial charge is 0.434 e. The fourth-order valence-electron chi connectivity index (χ4n) is 1.73. The molecule has 0 amide bonds. The molecule has 1 aromatic heterocycles. The highest BCUT2D eigenvalue weighted by atomic mass is 35.5. The van der Waals surface area contributed by atoms with E-state index in [1.165, 1.54) is 6.92 Å². The van der Waals surface area contributed by atoms with E-state index in [1.807, 2.05) is 6.92 Å². The molecule has 1 aromatic carbocycles. The summed E-state index contributed by atoms with van der Waals surface area (Å²) in [5, 5.41) is 14.5. The maximum atomic E-state index is 11.2. The van der Waals surface area contributed by atoms with Crippen LogP contribution >= 0.6 is 11.6 Å². The van der Waals surface area contributed by atoms with Gasteiger partial charge < -0.3 is 10.1 Å². The number of rotatable bonds is 4. The van der Waals surface area contributed by atoms with E-state index in [0.29, 0.717) is 10.8 Å². The number of anilines is 1. The zero-order valence-corrected chi connectivity index (χ0v) is 12.4. The van der Waals surface area contributed by atoms with Crippen molar-refractivity contribution in [1.82, 2.24) is 9.97 Å². The molecule has 7 nitrogen and oxygen atoms in total. The molecule has 2 rings (SSSR count). The molecule has 1 N–H and O–H groups in total. The van der Waals surface area contributed by atoms with E-state index >= 15 is 0 Å². The van der Waals surface area contributed by atoms with Crippen LogP contribution in [-0.4, -0.2) is 21.9 Å². The predicted molar refractivity (Wildman–Crippen MR) is 79.2 cm³/mol. The fraction of sp³-hybridized carbons (Fsp3) is 0.231. The molecule has 1 heterocycles. The third-order valence-electron chi connectivity index (χ3n) is 2.78. The average molecular weight is 309 g/mol. The highest BCUT2D eigenvalue weighted by Crippen LogP contribution is 2.33. The van der Waals surface area contributed by atoms with Crippen LogP contribution in [0.1, 0.15) is 11.3 Å². The minimum Gasteiger partial charge on any atom is -0.434 e. The summed E-state index contributed by atoms with van der Waals surface area (Å²) in [5.41, 5.74) is 0.762. The monoisotopic (exact) mass is 308 g/mol. The zero-order valence-electron chi connectivity index (χ0n) is 11.7. The third kappa shape index (κ3) is 3.19. The number of nitro groups is 1. The van der Waals surface area contributed by atoms with Gasteiger partial charge >= 0.3 is 11.6 Å². The molecule has 110 valence electrons. The van der Waals surface area contributed by atoms with E-state index in [4.69, 9.17) is 16.3 Å². The van der Waals surface area contributed by atoms with E-state index in [1.54, 1.807) is 25.2 Å². The lowest BCUT2D eigenvalue weighted by atomic mass is 10.2. The predicted octanol–water partition coefficient (Wildman–Crippen LogP) is 3.49. The lowest BCUT2D eigenvalue weighted by Gasteiger charge is -2.09. The summed E-state index contributed by atoms with van der Waals surface area (Å²) in [6.07, 6.45) is 0. The van der Waals surface area contributed by atoms with Crippen LogP contribution in [-0.2, 0) is 0 Å². The fourth-order valence-corrected chi connectivity index (χ4v) is 1.84. The first-order valence-electron chi connectivity index (χ1n) is 6.07. The Morgan fingerprint density at radius 3 is 2.62 bits per heavy atom. The Morgan fingerprint density at radius 2 is 2.05 bits per heavy atom. The second kappa shape index (κ2) is 5.92. The molecular formula is C13H13ClN4O3. The molecule has 0 atom stereocenters. The summed E-state index contributed by atoms with van der Waals surface area (Å²) in [6.45, 7) is 3.34. The topological polar surface area (TPSA) is 90.2 Å². The van der Waals surface area contributed by atoms with Crippen molar-refractivity contribution >= 4 is 23.2 Å². The Bertz CT molecular complexity index is 706. The van der Waals surface area contributed by atoms with Gasteiger partial charge in [-0.3, -0.25) is 10.1 Å². The molecule has 21 heavy (non-hydrogen) atoms. The Hall–Kier alpha value is -2.41. The summed E-state index contributed by atoms with van der Waals surface area (Å²) in [7, 11) is 1.62. The summed E-state index contributed by atoms with van der Waals surface area (Å²) in [6, 6.07) is 4.96. The molecule has 0 bridgehead atoms. The number of benzene rings is 1. The summed E-state index contributed by atoms with van der Waals surface area (Å²) >= 11 is 5.94. The molecule has 0 saturated carbocycles. The number of aryl methyl sites for hydroxylation is 2. The number of hydrogen-bond donors (Lipinski definition) is 1. The van der Waals surface area contributed by atoms with Crippen LogP contribution in [0.2, 0.25) is 5.02 Å². The van der Waals surface area contributed by atoms with Crippen LogP contribution in [0.4, 0.5) is 11.6 Å². The van der Waals surface area contributed by atoms with Gasteiger partial charge in [0.25, 0.3) is 0 Å². The number of nitrogens with zero attached hydrogens (tertiary/aromatic N) is 3. The molecule has 0 aliphatic carbocycles. The highest BCUT2D eigenvalue weighted by Gasteiger charge is 2.24. The molecule has 0 aliphatic heterocycles. The molecule has 8 heteroatoms. The zero-order chi connectivity index (χ0) is 15.6. The molecule has 0 spiro atoms. The molecule has 0 aliphatic rings. The van der Waals surface area contributed by atoms with Crippen molar-refractivity contribution in [2.75, 3.05) is 12.4 Å². The van der Waals surface area contributed by atoms with E-state index < -0.39 is 4.92 Å². The number of hydrogen-bond acceptors (Lipinski definition) is 6. The Balaban J connectivity index is 2.48. The molecule has 0 saturated heterocycles. The van der Waals surface area contributed by atoms with Crippen LogP contribution in [0.15, 0.2) is 18.2 Å². The van der Waals surface area contributed by atoms with Gasteiger partial charge in [0.1, 0.15) is 11.4 Å². The van der Waals surface area contributed by atoms with Gasteiger partial charge in [-0.25, -0.2) is 4.98 Å². The van der Waals surface area contributed by atoms with Crippen LogP contribution in [0.3, 0.4) is 0 Å². The van der Waals surface area contributed by atoms with Crippen molar-refractivity contribution in [3.8, 4) is 11.6 Å². The summed E-state index contributed by atoms with van der Waals surface area (Å²) in [4.78, 5) is 18.6. The third-order valence-corrected chi connectivity index (χ3v) is 3.20. The smallest absolute Gasteiger partial charge is 0.352 e. The van der Waals surface area contributed by atoms with E-state index in [-0.39, 0.29) is 23.2 Å². The Labute approximate surface area is 126 Å². The number of ether oxygens (including phenoxy) is 1. The molecule has 2 aromatic rings. The average Bonchev–Trinajstić information content (AvgIpc) is 2.41. The van der Waals surface area contributed by atoms with Crippen molar-refractivity contribution in [2.45, 2.75) is 13.8 Å². The van der Waals surface area contributed by atoms with Crippen LogP contribution in [0.5, 0.6) is 11.6 Å². The molecule has 0 radical (unpaired) electrons. The van der Waals surface area contributed by atoms with Crippen LogP contribution < -0.4 is 10.1 Å². The van der Waals surface area contributed by atoms with E-state index in [2.05, 4.69) is 15.3 Å². The number of aromatic nitrogens is 2. The molecule has 0 fully saturated rings. The maximum absolute atomic E-state index is 11.2. The standard InChI is InChI=1S/C13H13ClN4O3/c1-7-6-9(4-5-10(7)14)21-12-11(18(19)20)8(2)16-13(15-3)17-12/h4-6H,1-3H3,(H,15,16,17). The van der Waals surface area contributed by atoms with E-state index in [0.717, 1.165) is 5.56 Å². The SMILES string of the molecule is CNc1nc(C)c([N+](=O)[O-])c(Oc2ccc(Cl)c(C)c2)n1. The first kappa shape index (κ1) is 15.0. The van der Waals surface area contributed by atoms with Crippen molar-refractivity contribution in [2.24, 2.45) is 0 Å². The van der Waals surface area contributed by atoms with Crippen molar-refractivity contribution < 1.29 is 9.66 Å². The second-order valence-corrected chi connectivity index (χ2v) is 4.71. The maximum Gasteiger partial charge on any atom is 0.352 e. The Morgan fingerprint density at radius 1 is 1.33 bits per heavy atom. The quantitative estimate of drug-likeness (QED) is 0.687. The minimum atomic E-state index is -0.563. The van der Waals surface area contributed by atoms with Gasteiger partial charge in [0.15, 0.2) is 0 Å². The van der Waals surface area contributed by atoms with Gasteiger partial charge in [0, 0.05) is 12.1 Å². The summed E-state index contributed by atoms with van der Waals surface area (Å²) in [5.74, 6) is 0.553. The van der Waals surface area contributed by atoms with Crippen molar-refractivity contribution in [3.63, 3.8) is 0 Å². The highest BCUT2D eigenvalue weighted by molar-refractivity contribution is 6.31. The first-order chi connectivity index (χ1) is 9.92. The lowest BCUT2D eigenvalue weighted by Crippen LogP contribution is -2.05. The normalized spacial score (nSPS) is 10.3. The molecular weight excluding hydrogens is 296 g/mol. The van der Waals surface area contributed by atoms with Gasteiger partial charge in [0.2, 0.25) is 5.95 Å². The van der Waals surface area contributed by atoms with Crippen LogP contribution in [0, 0.1) is 24.0 Å². The van der Waals surface area contributed by atoms with Gasteiger partial charge in [-0.1, -0.05) is 11.6 Å². The summed E-state index contributed by atoms with van der Waals surface area (Å²) < 4.78 is 5.54.